The Morgan fingerprint density at radius 2 is 1.04 bits per heavy atom. The number of aliphatic hydroxyl groups excluding tert-OH is 1. The first-order valence-electron chi connectivity index (χ1n) is 15.1. The van der Waals surface area contributed by atoms with Gasteiger partial charge >= 0.3 is 18.2 Å². The van der Waals surface area contributed by atoms with E-state index in [9.17, 15) is 33.6 Å². The Kier molecular flexibility index (Phi) is 11.4. The molecule has 2 fully saturated rings. The number of benzene rings is 2. The van der Waals surface area contributed by atoms with Crippen LogP contribution in [0.2, 0.25) is 0 Å². The van der Waals surface area contributed by atoms with Crippen LogP contribution in [0.5, 0.6) is 0 Å². The monoisotopic (exact) mass is 652 g/mol. The molecule has 252 valence electrons. The number of nitrogens with zero attached hydrogens (tertiary/aromatic N) is 2. The van der Waals surface area contributed by atoms with E-state index in [-0.39, 0.29) is 31.4 Å². The summed E-state index contributed by atoms with van der Waals surface area (Å²) in [5.41, 5.74) is 0.500. The van der Waals surface area contributed by atoms with E-state index >= 15 is 0 Å². The number of carbonyl (C=O) groups excluding carboxylic acids is 6. The van der Waals surface area contributed by atoms with Crippen molar-refractivity contribution >= 4 is 41.8 Å². The number of imide groups is 6. The Bertz CT molecular complexity index is 1530. The second-order valence-corrected chi connectivity index (χ2v) is 13.1. The number of hydrogen-bond acceptors (Lipinski definition) is 10. The zero-order valence-electron chi connectivity index (χ0n) is 27.3. The van der Waals surface area contributed by atoms with E-state index in [1.54, 1.807) is 65.8 Å². The third-order valence-corrected chi connectivity index (χ3v) is 7.11. The minimum atomic E-state index is -1.07. The van der Waals surface area contributed by atoms with Gasteiger partial charge in [-0.25, -0.2) is 14.4 Å². The summed E-state index contributed by atoms with van der Waals surface area (Å²) in [6, 6.07) is 12.7. The molecule has 0 bridgehead atoms. The molecule has 4 rings (SSSR count). The molecule has 0 spiro atoms. The van der Waals surface area contributed by atoms with Crippen LogP contribution in [0.1, 0.15) is 106 Å². The maximum Gasteiger partial charge on any atom is 0.424 e. The van der Waals surface area contributed by atoms with Crippen molar-refractivity contribution in [3.05, 3.63) is 70.8 Å². The fraction of sp³-hybridized carbons (Fsp3) is 0.441. The highest BCUT2D eigenvalue weighted by Crippen LogP contribution is 2.31. The van der Waals surface area contributed by atoms with Gasteiger partial charge in [-0.2, -0.15) is 9.80 Å². The number of ether oxygens (including phenoxy) is 2. The normalized spacial score (nSPS) is 18.7. The number of carboxylic acid groups (broad SMARTS) is 1. The first kappa shape index (κ1) is 36.6. The van der Waals surface area contributed by atoms with Gasteiger partial charge in [-0.1, -0.05) is 36.4 Å². The van der Waals surface area contributed by atoms with Gasteiger partial charge in [0.05, 0.1) is 24.0 Å². The fourth-order valence-corrected chi connectivity index (χ4v) is 4.89. The number of amides is 6. The summed E-state index contributed by atoms with van der Waals surface area (Å²) in [5.74, 6) is -4.65. The average Bonchev–Trinajstić information content (AvgIpc) is 2.96. The van der Waals surface area contributed by atoms with E-state index < -0.39 is 64.8 Å². The van der Waals surface area contributed by atoms with Crippen LogP contribution in [0.25, 0.3) is 0 Å². The molecule has 2 atom stereocenters. The molecule has 0 aromatic heterocycles. The number of piperidine rings is 2. The molecule has 2 N–H and O–H groups in total. The topological polar surface area (TPSA) is 185 Å². The summed E-state index contributed by atoms with van der Waals surface area (Å²) in [7, 11) is 0. The Balaban J connectivity index is 0.000000256. The van der Waals surface area contributed by atoms with Crippen LogP contribution < -0.4 is 0 Å². The number of carbonyl (C=O) groups is 7. The third-order valence-electron chi connectivity index (χ3n) is 7.11. The second-order valence-electron chi connectivity index (χ2n) is 13.1. The predicted molar refractivity (Wildman–Crippen MR) is 166 cm³/mol. The lowest BCUT2D eigenvalue weighted by Crippen LogP contribution is -2.49. The van der Waals surface area contributed by atoms with Gasteiger partial charge in [-0.15, -0.1) is 0 Å². The van der Waals surface area contributed by atoms with Crippen LogP contribution in [0.3, 0.4) is 0 Å². The number of aliphatic hydroxyl groups is 1. The van der Waals surface area contributed by atoms with Gasteiger partial charge in [0.25, 0.3) is 0 Å². The van der Waals surface area contributed by atoms with Gasteiger partial charge in [0, 0.05) is 12.8 Å². The van der Waals surface area contributed by atoms with E-state index in [1.807, 2.05) is 0 Å². The number of likely N-dealkylation sites (tertiary alicyclic amines) is 2. The summed E-state index contributed by atoms with van der Waals surface area (Å²) in [6.45, 7) is 9.88. The summed E-state index contributed by atoms with van der Waals surface area (Å²) < 4.78 is 10.3. The lowest BCUT2D eigenvalue weighted by Gasteiger charge is -2.31. The van der Waals surface area contributed by atoms with E-state index in [0.29, 0.717) is 27.3 Å². The molecule has 2 aromatic rings. The Morgan fingerprint density at radius 1 is 0.681 bits per heavy atom. The van der Waals surface area contributed by atoms with Crippen LogP contribution >= 0.6 is 0 Å². The zero-order chi connectivity index (χ0) is 35.3. The molecule has 13 nitrogen and oxygen atoms in total. The van der Waals surface area contributed by atoms with Gasteiger partial charge < -0.3 is 19.7 Å². The molecular weight excluding hydrogens is 612 g/mol. The molecule has 6 amide bonds. The summed E-state index contributed by atoms with van der Waals surface area (Å²) in [5, 5.41) is 18.0. The average molecular weight is 653 g/mol. The minimum absolute atomic E-state index is 0.0380. The lowest BCUT2D eigenvalue weighted by atomic mass is 9.89. The smallest absolute Gasteiger partial charge is 0.424 e. The Labute approximate surface area is 272 Å². The highest BCUT2D eigenvalue weighted by atomic mass is 16.6. The van der Waals surface area contributed by atoms with Crippen molar-refractivity contribution in [2.45, 2.75) is 96.9 Å². The molecule has 2 saturated heterocycles. The van der Waals surface area contributed by atoms with Gasteiger partial charge in [0.2, 0.25) is 23.6 Å². The fourth-order valence-electron chi connectivity index (χ4n) is 4.89. The van der Waals surface area contributed by atoms with Gasteiger partial charge in [0.15, 0.2) is 0 Å². The number of aromatic carboxylic acids is 1. The van der Waals surface area contributed by atoms with Crippen LogP contribution in [0.4, 0.5) is 9.59 Å². The Hall–Kier alpha value is -4.91. The van der Waals surface area contributed by atoms with Crippen LogP contribution in [-0.2, 0) is 35.3 Å². The molecule has 2 aliphatic heterocycles. The van der Waals surface area contributed by atoms with E-state index in [2.05, 4.69) is 0 Å². The first-order valence-corrected chi connectivity index (χ1v) is 15.1. The lowest BCUT2D eigenvalue weighted by molar-refractivity contribution is -0.149. The van der Waals surface area contributed by atoms with Crippen LogP contribution in [-0.4, -0.2) is 73.0 Å². The van der Waals surface area contributed by atoms with E-state index in [0.717, 1.165) is 5.56 Å². The van der Waals surface area contributed by atoms with Gasteiger partial charge in [-0.3, -0.25) is 19.2 Å². The largest absolute Gasteiger partial charge is 0.478 e. The summed E-state index contributed by atoms with van der Waals surface area (Å²) in [6.07, 6.45) is -1.14. The maximum absolute atomic E-state index is 12.6. The van der Waals surface area contributed by atoms with Crippen molar-refractivity contribution in [2.75, 3.05) is 0 Å². The van der Waals surface area contributed by atoms with E-state index in [1.165, 1.54) is 24.3 Å². The zero-order valence-corrected chi connectivity index (χ0v) is 27.3. The van der Waals surface area contributed by atoms with Crippen molar-refractivity contribution in [1.82, 2.24) is 9.80 Å². The quantitative estimate of drug-likeness (QED) is 0.428. The number of rotatable bonds is 4. The number of hydrogen-bond donors (Lipinski definition) is 2. The second kappa shape index (κ2) is 14.7. The molecule has 47 heavy (non-hydrogen) atoms. The molecule has 0 aliphatic carbocycles. The van der Waals surface area contributed by atoms with Gasteiger partial charge in [-0.05, 0) is 83.2 Å². The molecule has 2 aliphatic rings. The van der Waals surface area contributed by atoms with Crippen molar-refractivity contribution in [3.8, 4) is 0 Å². The minimum Gasteiger partial charge on any atom is -0.478 e. The molecule has 13 heteroatoms. The van der Waals surface area contributed by atoms with Crippen LogP contribution in [0.15, 0.2) is 48.5 Å². The third kappa shape index (κ3) is 9.55. The Morgan fingerprint density at radius 3 is 1.36 bits per heavy atom. The molecule has 2 aromatic carbocycles. The highest BCUT2D eigenvalue weighted by Gasteiger charge is 2.42. The molecular formula is C34H40N2O11. The molecule has 2 heterocycles. The molecule has 0 saturated carbocycles. The summed E-state index contributed by atoms with van der Waals surface area (Å²) in [4.78, 5) is 85.4. The maximum atomic E-state index is 12.6. The van der Waals surface area contributed by atoms with E-state index in [4.69, 9.17) is 19.7 Å². The van der Waals surface area contributed by atoms with Crippen molar-refractivity contribution in [2.24, 2.45) is 0 Å². The summed E-state index contributed by atoms with van der Waals surface area (Å²) >= 11 is 0. The molecule has 0 radical (unpaired) electrons. The van der Waals surface area contributed by atoms with Crippen molar-refractivity contribution in [1.29, 1.82) is 0 Å². The van der Waals surface area contributed by atoms with Gasteiger partial charge in [0.1, 0.15) is 11.2 Å². The molecule has 2 unspecified atom stereocenters. The highest BCUT2D eigenvalue weighted by molar-refractivity contribution is 6.13. The first-order chi connectivity index (χ1) is 21.8. The van der Waals surface area contributed by atoms with Crippen molar-refractivity contribution < 1.29 is 53.2 Å². The SMILES string of the molecule is CC(C)(C)OC(=O)N1C(=O)CCC(c2ccc(C(=O)O)cc2)C1=O.CC(C)(C)OC(=O)N1C(=O)CCC(c2ccc(CO)cc2)C1=O. The number of carboxylic acids is 1. The van der Waals surface area contributed by atoms with Crippen LogP contribution in [0, 0.1) is 0 Å². The predicted octanol–water partition coefficient (Wildman–Crippen LogP) is 4.90. The van der Waals surface area contributed by atoms with Crippen molar-refractivity contribution in [3.63, 3.8) is 0 Å². The standard InChI is InChI=1S/C17H19NO6.C17H21NO5/c1-17(2,3)24-16(23)18-13(19)9-8-12(14(18)20)10-4-6-11(7-5-10)15(21)22;1-17(2,3)23-16(22)18-14(20)9-8-13(15(18)21)12-6-4-11(10-19)5-7-12/h4-7,12H,8-9H2,1-3H3,(H,21,22);4-7,13,19H,8-10H2,1-3H3.